The first-order chi connectivity index (χ1) is 9.92. The van der Waals surface area contributed by atoms with Crippen LogP contribution in [0.3, 0.4) is 0 Å². The fourth-order valence-electron chi connectivity index (χ4n) is 1.96. The molecule has 0 aliphatic carbocycles. The van der Waals surface area contributed by atoms with E-state index >= 15 is 0 Å². The minimum Gasteiger partial charge on any atom is -0.316 e. The van der Waals surface area contributed by atoms with Crippen molar-refractivity contribution in [3.8, 4) is 0 Å². The van der Waals surface area contributed by atoms with Gasteiger partial charge in [0.2, 0.25) is 0 Å². The van der Waals surface area contributed by atoms with Crippen molar-refractivity contribution < 1.29 is 8.42 Å². The topological polar surface area (TPSA) is 58.2 Å². The third-order valence-corrected chi connectivity index (χ3v) is 5.12. The summed E-state index contributed by atoms with van der Waals surface area (Å²) >= 11 is 2.15. The highest BCUT2D eigenvalue weighted by molar-refractivity contribution is 14.1. The number of aryl methyl sites for hydroxylation is 1. The van der Waals surface area contributed by atoms with Crippen LogP contribution in [0.15, 0.2) is 47.4 Å². The van der Waals surface area contributed by atoms with E-state index in [-0.39, 0.29) is 4.90 Å². The number of anilines is 1. The fraction of sp³-hybridized carbons (Fsp3) is 0.200. The van der Waals surface area contributed by atoms with Gasteiger partial charge in [0, 0.05) is 15.8 Å². The van der Waals surface area contributed by atoms with Crippen molar-refractivity contribution in [1.82, 2.24) is 5.32 Å². The number of halogens is 1. The van der Waals surface area contributed by atoms with Gasteiger partial charge in [0.15, 0.2) is 0 Å². The monoisotopic (exact) mass is 416 g/mol. The Balaban J connectivity index is 2.33. The molecule has 0 aliphatic heterocycles. The first-order valence-electron chi connectivity index (χ1n) is 6.45. The fourth-order valence-corrected chi connectivity index (χ4v) is 3.60. The van der Waals surface area contributed by atoms with Crippen LogP contribution in [0.25, 0.3) is 0 Å². The second-order valence-electron chi connectivity index (χ2n) is 4.73. The summed E-state index contributed by atoms with van der Waals surface area (Å²) < 4.78 is 28.5. The minimum atomic E-state index is -3.57. The molecule has 21 heavy (non-hydrogen) atoms. The Kier molecular flexibility index (Phi) is 5.23. The predicted octanol–water partition coefficient (Wildman–Crippen LogP) is 3.12. The van der Waals surface area contributed by atoms with Crippen LogP contribution in [-0.2, 0) is 16.6 Å². The Bertz CT molecular complexity index is 745. The molecule has 2 N–H and O–H groups in total. The van der Waals surface area contributed by atoms with Crippen molar-refractivity contribution in [2.24, 2.45) is 0 Å². The number of hydrogen-bond acceptors (Lipinski definition) is 3. The summed E-state index contributed by atoms with van der Waals surface area (Å²) in [4.78, 5) is 0.275. The molecule has 0 aliphatic rings. The summed E-state index contributed by atoms with van der Waals surface area (Å²) in [5.74, 6) is 0. The van der Waals surface area contributed by atoms with Gasteiger partial charge in [0.1, 0.15) is 0 Å². The Hall–Kier alpha value is -1.12. The highest BCUT2D eigenvalue weighted by Crippen LogP contribution is 2.20. The molecule has 0 fully saturated rings. The maximum Gasteiger partial charge on any atom is 0.261 e. The van der Waals surface area contributed by atoms with E-state index in [1.807, 2.05) is 32.2 Å². The zero-order valence-corrected chi connectivity index (χ0v) is 14.8. The molecule has 0 spiro atoms. The summed E-state index contributed by atoms with van der Waals surface area (Å²) in [6, 6.07) is 12.4. The van der Waals surface area contributed by atoms with E-state index in [0.717, 1.165) is 14.7 Å². The van der Waals surface area contributed by atoms with Crippen molar-refractivity contribution in [3.05, 3.63) is 57.2 Å². The largest absolute Gasteiger partial charge is 0.316 e. The first-order valence-corrected chi connectivity index (χ1v) is 9.01. The van der Waals surface area contributed by atoms with E-state index in [1.165, 1.54) is 0 Å². The highest BCUT2D eigenvalue weighted by atomic mass is 127. The highest BCUT2D eigenvalue weighted by Gasteiger charge is 2.15. The van der Waals surface area contributed by atoms with Crippen LogP contribution in [0.5, 0.6) is 0 Å². The molecular formula is C15H17IN2O2S. The molecule has 2 rings (SSSR count). The SMILES string of the molecule is CNCc1cc(S(=O)(=O)Nc2cccc(I)c2)ccc1C. The van der Waals surface area contributed by atoms with Crippen LogP contribution in [0.2, 0.25) is 0 Å². The van der Waals surface area contributed by atoms with Gasteiger partial charge in [-0.1, -0.05) is 12.1 Å². The summed E-state index contributed by atoms with van der Waals surface area (Å²) in [6.07, 6.45) is 0. The maximum atomic E-state index is 12.4. The smallest absolute Gasteiger partial charge is 0.261 e. The molecule has 2 aromatic rings. The molecule has 2 aromatic carbocycles. The number of hydrogen-bond donors (Lipinski definition) is 2. The van der Waals surface area contributed by atoms with Gasteiger partial charge in [-0.3, -0.25) is 4.72 Å². The average molecular weight is 416 g/mol. The van der Waals surface area contributed by atoms with Gasteiger partial charge >= 0.3 is 0 Å². The van der Waals surface area contributed by atoms with E-state index in [1.54, 1.807) is 24.3 Å². The van der Waals surface area contributed by atoms with E-state index in [0.29, 0.717) is 12.2 Å². The molecule has 0 saturated heterocycles. The van der Waals surface area contributed by atoms with Crippen molar-refractivity contribution >= 4 is 38.3 Å². The van der Waals surface area contributed by atoms with Crippen LogP contribution in [0.4, 0.5) is 5.69 Å². The zero-order valence-electron chi connectivity index (χ0n) is 11.9. The van der Waals surface area contributed by atoms with Crippen LogP contribution >= 0.6 is 22.6 Å². The first kappa shape index (κ1) is 16.3. The van der Waals surface area contributed by atoms with Gasteiger partial charge in [-0.25, -0.2) is 8.42 Å². The van der Waals surface area contributed by atoms with Gasteiger partial charge in [-0.15, -0.1) is 0 Å². The van der Waals surface area contributed by atoms with Gasteiger partial charge in [-0.05, 0) is 78.0 Å². The molecular weight excluding hydrogens is 399 g/mol. The lowest BCUT2D eigenvalue weighted by Crippen LogP contribution is -2.14. The van der Waals surface area contributed by atoms with Gasteiger partial charge < -0.3 is 5.32 Å². The molecule has 0 radical (unpaired) electrons. The lowest BCUT2D eigenvalue weighted by molar-refractivity contribution is 0.601. The molecule has 0 aromatic heterocycles. The van der Waals surface area contributed by atoms with Crippen molar-refractivity contribution in [2.45, 2.75) is 18.4 Å². The van der Waals surface area contributed by atoms with E-state index < -0.39 is 10.0 Å². The molecule has 112 valence electrons. The van der Waals surface area contributed by atoms with E-state index in [9.17, 15) is 8.42 Å². The molecule has 4 nitrogen and oxygen atoms in total. The standard InChI is InChI=1S/C15H17IN2O2S/c1-11-6-7-15(8-12(11)10-17-2)21(19,20)18-14-5-3-4-13(16)9-14/h3-9,17-18H,10H2,1-2H3. The van der Waals surface area contributed by atoms with Gasteiger partial charge in [-0.2, -0.15) is 0 Å². The Labute approximate surface area is 139 Å². The summed E-state index contributed by atoms with van der Waals surface area (Å²) in [7, 11) is -1.73. The van der Waals surface area contributed by atoms with Gasteiger partial charge in [0.25, 0.3) is 10.0 Å². The lowest BCUT2D eigenvalue weighted by atomic mass is 10.1. The van der Waals surface area contributed by atoms with Crippen molar-refractivity contribution in [1.29, 1.82) is 0 Å². The number of benzene rings is 2. The summed E-state index contributed by atoms with van der Waals surface area (Å²) in [5.41, 5.74) is 2.61. The Morgan fingerprint density at radius 3 is 2.57 bits per heavy atom. The third-order valence-electron chi connectivity index (χ3n) is 3.07. The van der Waals surface area contributed by atoms with E-state index in [4.69, 9.17) is 0 Å². The van der Waals surface area contributed by atoms with Crippen LogP contribution < -0.4 is 10.0 Å². The molecule has 0 atom stereocenters. The Morgan fingerprint density at radius 1 is 1.14 bits per heavy atom. The van der Waals surface area contributed by atoms with Crippen molar-refractivity contribution in [2.75, 3.05) is 11.8 Å². The summed E-state index contributed by atoms with van der Waals surface area (Å²) in [5, 5.41) is 3.04. The normalized spacial score (nSPS) is 11.4. The van der Waals surface area contributed by atoms with E-state index in [2.05, 4.69) is 32.6 Å². The van der Waals surface area contributed by atoms with Crippen LogP contribution in [0.1, 0.15) is 11.1 Å². The minimum absolute atomic E-state index is 0.275. The Morgan fingerprint density at radius 2 is 1.90 bits per heavy atom. The second-order valence-corrected chi connectivity index (χ2v) is 7.66. The molecule has 0 unspecified atom stereocenters. The second kappa shape index (κ2) is 6.76. The maximum absolute atomic E-state index is 12.4. The van der Waals surface area contributed by atoms with Gasteiger partial charge in [0.05, 0.1) is 4.90 Å². The predicted molar refractivity (Wildman–Crippen MR) is 93.9 cm³/mol. The molecule has 0 amide bonds. The number of nitrogens with one attached hydrogen (secondary N) is 2. The molecule has 0 saturated carbocycles. The third kappa shape index (κ3) is 4.18. The lowest BCUT2D eigenvalue weighted by Gasteiger charge is -2.11. The molecule has 0 bridgehead atoms. The van der Waals surface area contributed by atoms with Crippen LogP contribution in [-0.4, -0.2) is 15.5 Å². The molecule has 6 heteroatoms. The quantitative estimate of drug-likeness (QED) is 0.737. The number of rotatable bonds is 5. The molecule has 0 heterocycles. The van der Waals surface area contributed by atoms with Crippen LogP contribution in [0, 0.1) is 10.5 Å². The average Bonchev–Trinajstić information content (AvgIpc) is 2.41. The number of sulfonamides is 1. The van der Waals surface area contributed by atoms with Crippen molar-refractivity contribution in [3.63, 3.8) is 0 Å². The zero-order chi connectivity index (χ0) is 15.5. The summed E-state index contributed by atoms with van der Waals surface area (Å²) in [6.45, 7) is 2.61.